The lowest BCUT2D eigenvalue weighted by Crippen LogP contribution is -2.06. The minimum absolute atomic E-state index is 0.0613. The molecule has 0 heterocycles. The van der Waals surface area contributed by atoms with Crippen molar-refractivity contribution >= 4 is 17.9 Å². The number of ketones is 1. The number of aryl methyl sites for hydroxylation is 2. The van der Waals surface area contributed by atoms with Crippen LogP contribution in [0.25, 0.3) is 12.2 Å². The van der Waals surface area contributed by atoms with Crippen LogP contribution in [0.4, 0.5) is 0 Å². The Balaban J connectivity index is 2.46. The van der Waals surface area contributed by atoms with Gasteiger partial charge in [0.2, 0.25) is 0 Å². The Labute approximate surface area is 120 Å². The Morgan fingerprint density at radius 2 is 1.25 bits per heavy atom. The molecule has 0 saturated carbocycles. The molecule has 0 radical (unpaired) electrons. The summed E-state index contributed by atoms with van der Waals surface area (Å²) in [5.74, 6) is 0.0613. The molecule has 100 valence electrons. The van der Waals surface area contributed by atoms with Crippen LogP contribution in [-0.4, -0.2) is 5.78 Å². The van der Waals surface area contributed by atoms with E-state index in [1.165, 1.54) is 0 Å². The maximum absolute atomic E-state index is 12.6. The van der Waals surface area contributed by atoms with Crippen LogP contribution >= 0.6 is 0 Å². The van der Waals surface area contributed by atoms with Crippen molar-refractivity contribution in [3.63, 3.8) is 0 Å². The van der Waals surface area contributed by atoms with E-state index in [-0.39, 0.29) is 5.78 Å². The van der Waals surface area contributed by atoms with Gasteiger partial charge in [0.25, 0.3) is 0 Å². The summed E-state index contributed by atoms with van der Waals surface area (Å²) < 4.78 is 0. The molecule has 0 fully saturated rings. The van der Waals surface area contributed by atoms with Crippen molar-refractivity contribution in [2.75, 3.05) is 0 Å². The Hall–Kier alpha value is -2.41. The van der Waals surface area contributed by atoms with Gasteiger partial charge in [-0.15, -0.1) is 0 Å². The first kappa shape index (κ1) is 14.0. The van der Waals surface area contributed by atoms with E-state index < -0.39 is 0 Å². The fourth-order valence-corrected chi connectivity index (χ4v) is 2.28. The molecule has 0 unspecified atom stereocenters. The zero-order chi connectivity index (χ0) is 14.7. The molecule has 2 aromatic carbocycles. The van der Waals surface area contributed by atoms with Crippen molar-refractivity contribution in [1.29, 1.82) is 0 Å². The summed E-state index contributed by atoms with van der Waals surface area (Å²) in [6.45, 7) is 11.4. The molecule has 0 atom stereocenters. The van der Waals surface area contributed by atoms with E-state index in [9.17, 15) is 4.79 Å². The second-order valence-electron chi connectivity index (χ2n) is 4.89. The monoisotopic (exact) mass is 262 g/mol. The fourth-order valence-electron chi connectivity index (χ4n) is 2.28. The summed E-state index contributed by atoms with van der Waals surface area (Å²) in [5.41, 5.74) is 5.48. The third kappa shape index (κ3) is 2.62. The molecule has 0 aromatic heterocycles. The molecule has 0 aliphatic carbocycles. The van der Waals surface area contributed by atoms with Gasteiger partial charge >= 0.3 is 0 Å². The number of rotatable bonds is 4. The van der Waals surface area contributed by atoms with Crippen molar-refractivity contribution in [3.8, 4) is 0 Å². The molecule has 0 aliphatic rings. The van der Waals surface area contributed by atoms with Crippen molar-refractivity contribution in [3.05, 3.63) is 82.9 Å². The molecular weight excluding hydrogens is 244 g/mol. The summed E-state index contributed by atoms with van der Waals surface area (Å²) in [7, 11) is 0. The van der Waals surface area contributed by atoms with Crippen LogP contribution in [0, 0.1) is 13.8 Å². The van der Waals surface area contributed by atoms with Crippen molar-refractivity contribution in [1.82, 2.24) is 0 Å². The van der Waals surface area contributed by atoms with Gasteiger partial charge in [-0.3, -0.25) is 4.79 Å². The van der Waals surface area contributed by atoms with E-state index in [0.29, 0.717) is 0 Å². The highest BCUT2D eigenvalue weighted by Crippen LogP contribution is 2.20. The largest absolute Gasteiger partial charge is 0.289 e. The predicted molar refractivity (Wildman–Crippen MR) is 86.0 cm³/mol. The smallest absolute Gasteiger partial charge is 0.193 e. The van der Waals surface area contributed by atoms with Crippen molar-refractivity contribution in [2.24, 2.45) is 0 Å². The number of hydrogen-bond donors (Lipinski definition) is 0. The molecule has 0 amide bonds. The summed E-state index contributed by atoms with van der Waals surface area (Å²) in [5, 5.41) is 0. The van der Waals surface area contributed by atoms with Crippen LogP contribution in [-0.2, 0) is 0 Å². The van der Waals surface area contributed by atoms with E-state index in [0.717, 1.165) is 33.4 Å². The second kappa shape index (κ2) is 5.70. The SMILES string of the molecule is C=Cc1ccc(C(=O)c2ccc(C=C)cc2C)c(C)c1. The maximum Gasteiger partial charge on any atom is 0.193 e. The van der Waals surface area contributed by atoms with E-state index in [2.05, 4.69) is 13.2 Å². The normalized spacial score (nSPS) is 10.1. The molecule has 0 spiro atoms. The van der Waals surface area contributed by atoms with Gasteiger partial charge in [0, 0.05) is 11.1 Å². The minimum atomic E-state index is 0.0613. The van der Waals surface area contributed by atoms with Crippen molar-refractivity contribution < 1.29 is 4.79 Å². The van der Waals surface area contributed by atoms with Crippen LogP contribution in [0.5, 0.6) is 0 Å². The molecule has 1 nitrogen and oxygen atoms in total. The van der Waals surface area contributed by atoms with Gasteiger partial charge in [0.05, 0.1) is 0 Å². The zero-order valence-corrected chi connectivity index (χ0v) is 11.9. The quantitative estimate of drug-likeness (QED) is 0.722. The van der Waals surface area contributed by atoms with E-state index in [1.54, 1.807) is 12.2 Å². The van der Waals surface area contributed by atoms with Crippen LogP contribution in [0.3, 0.4) is 0 Å². The number of carbonyl (C=O) groups is 1. The average Bonchev–Trinajstić information content (AvgIpc) is 2.46. The highest BCUT2D eigenvalue weighted by Gasteiger charge is 2.14. The first-order valence-electron chi connectivity index (χ1n) is 6.57. The second-order valence-corrected chi connectivity index (χ2v) is 4.89. The Morgan fingerprint density at radius 1 is 0.850 bits per heavy atom. The highest BCUT2D eigenvalue weighted by molar-refractivity contribution is 6.10. The van der Waals surface area contributed by atoms with Crippen LogP contribution in [0.2, 0.25) is 0 Å². The van der Waals surface area contributed by atoms with Gasteiger partial charge in [-0.05, 0) is 36.1 Å². The van der Waals surface area contributed by atoms with Gasteiger partial charge in [-0.25, -0.2) is 0 Å². The van der Waals surface area contributed by atoms with Gasteiger partial charge in [-0.1, -0.05) is 61.7 Å². The Kier molecular flexibility index (Phi) is 3.99. The number of hydrogen-bond acceptors (Lipinski definition) is 1. The standard InChI is InChI=1S/C19H18O/c1-5-15-7-9-17(13(3)11-15)19(20)18-10-8-16(6-2)12-14(18)4/h5-12H,1-2H2,3-4H3. The fraction of sp³-hybridized carbons (Fsp3) is 0.105. The van der Waals surface area contributed by atoms with Gasteiger partial charge in [0.1, 0.15) is 0 Å². The van der Waals surface area contributed by atoms with Gasteiger partial charge < -0.3 is 0 Å². The lowest BCUT2D eigenvalue weighted by atomic mass is 9.94. The molecule has 0 saturated heterocycles. The Morgan fingerprint density at radius 3 is 1.55 bits per heavy atom. The van der Waals surface area contributed by atoms with Crippen molar-refractivity contribution in [2.45, 2.75) is 13.8 Å². The predicted octanol–water partition coefficient (Wildman–Crippen LogP) is 4.82. The van der Waals surface area contributed by atoms with Gasteiger partial charge in [-0.2, -0.15) is 0 Å². The van der Waals surface area contributed by atoms with E-state index >= 15 is 0 Å². The summed E-state index contributed by atoms with van der Waals surface area (Å²) in [6, 6.07) is 11.5. The molecule has 0 N–H and O–H groups in total. The third-order valence-corrected chi connectivity index (χ3v) is 3.46. The third-order valence-electron chi connectivity index (χ3n) is 3.46. The molecular formula is C19H18O. The number of benzene rings is 2. The van der Waals surface area contributed by atoms with Gasteiger partial charge in [0.15, 0.2) is 5.78 Å². The first-order chi connectivity index (χ1) is 9.56. The molecule has 20 heavy (non-hydrogen) atoms. The maximum atomic E-state index is 12.6. The topological polar surface area (TPSA) is 17.1 Å². The van der Waals surface area contributed by atoms with Crippen LogP contribution in [0.15, 0.2) is 49.6 Å². The summed E-state index contributed by atoms with van der Waals surface area (Å²) >= 11 is 0. The molecule has 0 aliphatic heterocycles. The Bertz CT molecular complexity index is 633. The van der Waals surface area contributed by atoms with Crippen LogP contribution < -0.4 is 0 Å². The lowest BCUT2D eigenvalue weighted by Gasteiger charge is -2.09. The lowest BCUT2D eigenvalue weighted by molar-refractivity contribution is 0.103. The van der Waals surface area contributed by atoms with Crippen LogP contribution in [0.1, 0.15) is 38.2 Å². The molecule has 1 heteroatoms. The summed E-state index contributed by atoms with van der Waals surface area (Å²) in [6.07, 6.45) is 3.57. The number of carbonyl (C=O) groups excluding carboxylic acids is 1. The zero-order valence-electron chi connectivity index (χ0n) is 11.9. The molecule has 0 bridgehead atoms. The van der Waals surface area contributed by atoms with E-state index in [4.69, 9.17) is 0 Å². The van der Waals surface area contributed by atoms with E-state index in [1.807, 2.05) is 50.2 Å². The average molecular weight is 262 g/mol. The molecule has 2 rings (SSSR count). The summed E-state index contributed by atoms with van der Waals surface area (Å²) in [4.78, 5) is 12.6. The minimum Gasteiger partial charge on any atom is -0.289 e. The first-order valence-corrected chi connectivity index (χ1v) is 6.57. The highest BCUT2D eigenvalue weighted by atomic mass is 16.1. The molecule has 2 aromatic rings.